The number of carbonyl (C=O) groups excluding carboxylic acids is 1. The van der Waals surface area contributed by atoms with Crippen LogP contribution in [0.15, 0.2) is 42.7 Å². The van der Waals surface area contributed by atoms with Crippen molar-refractivity contribution in [3.05, 3.63) is 59.8 Å². The Balaban J connectivity index is 1.77. The number of carbonyl (C=O) groups is 1. The third-order valence-corrected chi connectivity index (χ3v) is 4.91. The molecule has 3 aromatic rings. The van der Waals surface area contributed by atoms with Gasteiger partial charge in [0.2, 0.25) is 0 Å². The molecule has 6 heteroatoms. The number of hydrogen-bond donors (Lipinski definition) is 0. The molecule has 0 bridgehead atoms. The van der Waals surface area contributed by atoms with Crippen molar-refractivity contribution in [1.29, 1.82) is 0 Å². The molecule has 1 amide bonds. The number of amides is 1. The smallest absolute Gasteiger partial charge is 0.256 e. The molecule has 1 aliphatic rings. The Morgan fingerprint density at radius 1 is 1.20 bits per heavy atom. The van der Waals surface area contributed by atoms with Gasteiger partial charge in [-0.1, -0.05) is 0 Å². The lowest BCUT2D eigenvalue weighted by Crippen LogP contribution is -2.39. The van der Waals surface area contributed by atoms with Crippen molar-refractivity contribution in [2.24, 2.45) is 7.05 Å². The van der Waals surface area contributed by atoms with Crippen molar-refractivity contribution < 1.29 is 9.18 Å². The first kappa shape index (κ1) is 15.7. The minimum atomic E-state index is -0.360. The van der Waals surface area contributed by atoms with Gasteiger partial charge in [-0.3, -0.25) is 14.5 Å². The van der Waals surface area contributed by atoms with Crippen LogP contribution in [0.4, 0.5) is 4.39 Å². The Bertz CT molecular complexity index is 936. The van der Waals surface area contributed by atoms with E-state index in [4.69, 9.17) is 0 Å². The van der Waals surface area contributed by atoms with Crippen LogP contribution < -0.4 is 0 Å². The van der Waals surface area contributed by atoms with Crippen LogP contribution in [0.25, 0.3) is 10.9 Å². The van der Waals surface area contributed by atoms with Gasteiger partial charge in [-0.2, -0.15) is 5.10 Å². The SMILES string of the molecule is Cn1nccc1C1CCCCN1C(=O)c1ccc(F)c2cccnc12. The van der Waals surface area contributed by atoms with Gasteiger partial charge in [0.15, 0.2) is 0 Å². The fraction of sp³-hybridized carbons (Fsp3) is 0.316. The predicted octanol–water partition coefficient (Wildman–Crippen LogP) is 3.47. The Labute approximate surface area is 145 Å². The summed E-state index contributed by atoms with van der Waals surface area (Å²) in [5.41, 5.74) is 1.89. The number of likely N-dealkylation sites (tertiary alicyclic amines) is 1. The molecular formula is C19H19FN4O. The van der Waals surface area contributed by atoms with Crippen LogP contribution in [0, 0.1) is 5.82 Å². The maximum absolute atomic E-state index is 14.0. The van der Waals surface area contributed by atoms with Crippen molar-refractivity contribution in [2.75, 3.05) is 6.54 Å². The fourth-order valence-corrected chi connectivity index (χ4v) is 3.66. The number of piperidine rings is 1. The van der Waals surface area contributed by atoms with Crippen LogP contribution in [-0.4, -0.2) is 32.1 Å². The Hall–Kier alpha value is -2.76. The molecule has 0 saturated carbocycles. The zero-order valence-corrected chi connectivity index (χ0v) is 14.0. The van der Waals surface area contributed by atoms with Gasteiger partial charge in [-0.05, 0) is 49.6 Å². The molecular weight excluding hydrogens is 319 g/mol. The van der Waals surface area contributed by atoms with Gasteiger partial charge < -0.3 is 4.90 Å². The quantitative estimate of drug-likeness (QED) is 0.719. The van der Waals surface area contributed by atoms with Gasteiger partial charge >= 0.3 is 0 Å². The number of aromatic nitrogens is 3. The summed E-state index contributed by atoms with van der Waals surface area (Å²) in [7, 11) is 1.89. The molecule has 1 saturated heterocycles. The second-order valence-electron chi connectivity index (χ2n) is 6.38. The highest BCUT2D eigenvalue weighted by molar-refractivity contribution is 6.05. The molecule has 0 spiro atoms. The summed E-state index contributed by atoms with van der Waals surface area (Å²) in [5, 5.41) is 4.61. The number of benzene rings is 1. The van der Waals surface area contributed by atoms with E-state index in [9.17, 15) is 9.18 Å². The van der Waals surface area contributed by atoms with Crippen LogP contribution in [0.1, 0.15) is 41.4 Å². The van der Waals surface area contributed by atoms with E-state index in [0.29, 0.717) is 23.0 Å². The van der Waals surface area contributed by atoms with E-state index in [2.05, 4.69) is 10.1 Å². The van der Waals surface area contributed by atoms with Gasteiger partial charge in [0, 0.05) is 31.4 Å². The standard InChI is InChI=1S/C19H19FN4O/c1-23-16(9-11-22-23)17-6-2-3-12-24(17)19(25)14-7-8-15(20)13-5-4-10-21-18(13)14/h4-5,7-11,17H,2-3,6,12H2,1H3. The summed E-state index contributed by atoms with van der Waals surface area (Å²) in [6.07, 6.45) is 6.28. The molecule has 3 heterocycles. The van der Waals surface area contributed by atoms with E-state index in [1.807, 2.05) is 22.7 Å². The van der Waals surface area contributed by atoms with Crippen LogP contribution >= 0.6 is 0 Å². The molecule has 128 valence electrons. The monoisotopic (exact) mass is 338 g/mol. The van der Waals surface area contributed by atoms with E-state index in [-0.39, 0.29) is 17.8 Å². The minimum absolute atomic E-state index is 0.0161. The number of halogens is 1. The number of pyridine rings is 1. The number of rotatable bonds is 2. The van der Waals surface area contributed by atoms with Crippen LogP contribution in [0.2, 0.25) is 0 Å². The summed E-state index contributed by atoms with van der Waals surface area (Å²) in [4.78, 5) is 19.4. The summed E-state index contributed by atoms with van der Waals surface area (Å²) in [6.45, 7) is 0.681. The molecule has 0 radical (unpaired) electrons. The topological polar surface area (TPSA) is 51.0 Å². The number of hydrogen-bond acceptors (Lipinski definition) is 3. The maximum Gasteiger partial charge on any atom is 0.256 e. The fourth-order valence-electron chi connectivity index (χ4n) is 3.66. The summed E-state index contributed by atoms with van der Waals surface area (Å²) in [6, 6.07) is 8.17. The van der Waals surface area contributed by atoms with E-state index in [0.717, 1.165) is 25.0 Å². The van der Waals surface area contributed by atoms with Gasteiger partial charge in [-0.25, -0.2) is 4.39 Å². The number of fused-ring (bicyclic) bond motifs is 1. The van der Waals surface area contributed by atoms with Crippen LogP contribution in [0.5, 0.6) is 0 Å². The number of nitrogens with zero attached hydrogens (tertiary/aromatic N) is 4. The van der Waals surface area contributed by atoms with Crippen LogP contribution in [-0.2, 0) is 7.05 Å². The van der Waals surface area contributed by atoms with Crippen molar-refractivity contribution in [2.45, 2.75) is 25.3 Å². The summed E-state index contributed by atoms with van der Waals surface area (Å²) in [5.74, 6) is -0.462. The van der Waals surface area contributed by atoms with Gasteiger partial charge in [0.25, 0.3) is 5.91 Å². The predicted molar refractivity (Wildman–Crippen MR) is 92.5 cm³/mol. The molecule has 1 aromatic carbocycles. The molecule has 4 rings (SSSR count). The molecule has 0 aliphatic carbocycles. The Kier molecular flexibility index (Phi) is 3.95. The zero-order valence-electron chi connectivity index (χ0n) is 14.0. The first-order valence-corrected chi connectivity index (χ1v) is 8.49. The van der Waals surface area contributed by atoms with Crippen molar-refractivity contribution >= 4 is 16.8 Å². The number of aryl methyl sites for hydroxylation is 1. The lowest BCUT2D eigenvalue weighted by molar-refractivity contribution is 0.0603. The van der Waals surface area contributed by atoms with E-state index in [1.165, 1.54) is 6.07 Å². The first-order valence-electron chi connectivity index (χ1n) is 8.49. The summed E-state index contributed by atoms with van der Waals surface area (Å²) < 4.78 is 15.9. The van der Waals surface area contributed by atoms with Gasteiger partial charge in [-0.15, -0.1) is 0 Å². The molecule has 1 fully saturated rings. The molecule has 0 N–H and O–H groups in total. The Morgan fingerprint density at radius 3 is 2.88 bits per heavy atom. The summed E-state index contributed by atoms with van der Waals surface area (Å²) >= 11 is 0. The lowest BCUT2D eigenvalue weighted by Gasteiger charge is -2.36. The molecule has 2 aromatic heterocycles. The van der Waals surface area contributed by atoms with Gasteiger partial charge in [0.1, 0.15) is 5.82 Å². The van der Waals surface area contributed by atoms with Crippen molar-refractivity contribution in [3.63, 3.8) is 0 Å². The van der Waals surface area contributed by atoms with E-state index >= 15 is 0 Å². The third kappa shape index (κ3) is 2.67. The second kappa shape index (κ2) is 6.27. The highest BCUT2D eigenvalue weighted by Crippen LogP contribution is 2.33. The van der Waals surface area contributed by atoms with Gasteiger partial charge in [0.05, 0.1) is 22.8 Å². The Morgan fingerprint density at radius 2 is 2.08 bits per heavy atom. The normalized spacial score (nSPS) is 17.8. The van der Waals surface area contributed by atoms with E-state index < -0.39 is 0 Å². The van der Waals surface area contributed by atoms with E-state index in [1.54, 1.807) is 30.6 Å². The second-order valence-corrected chi connectivity index (χ2v) is 6.38. The maximum atomic E-state index is 14.0. The average Bonchev–Trinajstić information content (AvgIpc) is 3.07. The van der Waals surface area contributed by atoms with Crippen molar-refractivity contribution in [1.82, 2.24) is 19.7 Å². The lowest BCUT2D eigenvalue weighted by atomic mass is 9.97. The van der Waals surface area contributed by atoms with Crippen molar-refractivity contribution in [3.8, 4) is 0 Å². The van der Waals surface area contributed by atoms with Crippen LogP contribution in [0.3, 0.4) is 0 Å². The zero-order chi connectivity index (χ0) is 17.4. The molecule has 1 atom stereocenters. The first-order chi connectivity index (χ1) is 12.2. The molecule has 25 heavy (non-hydrogen) atoms. The molecule has 1 unspecified atom stereocenters. The highest BCUT2D eigenvalue weighted by Gasteiger charge is 2.31. The third-order valence-electron chi connectivity index (χ3n) is 4.91. The minimum Gasteiger partial charge on any atom is -0.330 e. The highest BCUT2D eigenvalue weighted by atomic mass is 19.1. The average molecular weight is 338 g/mol. The molecule has 1 aliphatic heterocycles. The molecule has 5 nitrogen and oxygen atoms in total. The largest absolute Gasteiger partial charge is 0.330 e.